The number of Topliss-reactive ketones (excluding diaryl/α,β-unsaturated/α-hetero) is 1. The number of carbonyl (C=O) groups excluding carboxylic acids is 1. The van der Waals surface area contributed by atoms with Gasteiger partial charge in [-0.25, -0.2) is 0 Å². The van der Waals surface area contributed by atoms with Gasteiger partial charge in [-0.3, -0.25) is 4.79 Å². The minimum atomic E-state index is 0.178. The largest absolute Gasteiger partial charge is 0.385 e. The molecule has 0 atom stereocenters. The van der Waals surface area contributed by atoms with E-state index >= 15 is 0 Å². The van der Waals surface area contributed by atoms with Gasteiger partial charge in [0.1, 0.15) is 5.78 Å². The molecule has 11 heavy (non-hydrogen) atoms. The van der Waals surface area contributed by atoms with E-state index < -0.39 is 0 Å². The van der Waals surface area contributed by atoms with E-state index in [1.165, 1.54) is 0 Å². The highest BCUT2D eigenvalue weighted by Crippen LogP contribution is 1.87. The second-order valence-corrected chi connectivity index (χ2v) is 2.41. The maximum atomic E-state index is 10.4. The quantitative estimate of drug-likeness (QED) is 0.521. The number of rotatable bonds is 7. The smallest absolute Gasteiger partial charge is 0.132 e. The van der Waals surface area contributed by atoms with Gasteiger partial charge >= 0.3 is 0 Å². The van der Waals surface area contributed by atoms with Gasteiger partial charge in [0.2, 0.25) is 0 Å². The molecule has 0 radical (unpaired) electrons. The molecule has 0 rings (SSSR count). The number of carbonyl (C=O) groups is 1. The van der Waals surface area contributed by atoms with Gasteiger partial charge in [-0.15, -0.1) is 0 Å². The molecule has 0 unspecified atom stereocenters. The van der Waals surface area contributed by atoms with Crippen LogP contribution in [0.3, 0.4) is 0 Å². The zero-order valence-corrected chi connectivity index (χ0v) is 7.26. The van der Waals surface area contributed by atoms with Crippen LogP contribution >= 0.6 is 0 Å². The lowest BCUT2D eigenvalue weighted by atomic mass is 10.3. The summed E-state index contributed by atoms with van der Waals surface area (Å²) in [4.78, 5) is 10.4. The molecule has 0 bridgehead atoms. The van der Waals surface area contributed by atoms with Crippen molar-refractivity contribution < 1.29 is 14.3 Å². The molecule has 0 amide bonds. The van der Waals surface area contributed by atoms with Gasteiger partial charge < -0.3 is 9.47 Å². The Balaban J connectivity index is 2.85. The van der Waals surface area contributed by atoms with Gasteiger partial charge in [-0.2, -0.15) is 0 Å². The third-order valence-electron chi connectivity index (χ3n) is 1.24. The Morgan fingerprint density at radius 1 is 1.27 bits per heavy atom. The van der Waals surface area contributed by atoms with Crippen LogP contribution in [-0.2, 0) is 14.3 Å². The van der Waals surface area contributed by atoms with Crippen molar-refractivity contribution in [2.45, 2.75) is 19.8 Å². The van der Waals surface area contributed by atoms with Crippen molar-refractivity contribution in [3.8, 4) is 0 Å². The number of ether oxygens (including phenoxy) is 2. The number of hydrogen-bond acceptors (Lipinski definition) is 3. The van der Waals surface area contributed by atoms with Crippen LogP contribution in [0.15, 0.2) is 0 Å². The second kappa shape index (κ2) is 7.69. The zero-order valence-electron chi connectivity index (χ0n) is 7.26. The summed E-state index contributed by atoms with van der Waals surface area (Å²) < 4.78 is 9.97. The van der Waals surface area contributed by atoms with Gasteiger partial charge in [0.25, 0.3) is 0 Å². The van der Waals surface area contributed by atoms with E-state index in [0.29, 0.717) is 19.6 Å². The van der Waals surface area contributed by atoms with Crippen LogP contribution < -0.4 is 0 Å². The van der Waals surface area contributed by atoms with Crippen LogP contribution in [-0.4, -0.2) is 32.7 Å². The average molecular weight is 160 g/mol. The zero-order chi connectivity index (χ0) is 8.53. The fourth-order valence-corrected chi connectivity index (χ4v) is 0.623. The van der Waals surface area contributed by atoms with Crippen molar-refractivity contribution in [2.24, 2.45) is 0 Å². The van der Waals surface area contributed by atoms with Crippen molar-refractivity contribution in [1.29, 1.82) is 0 Å². The Hall–Kier alpha value is -0.410. The summed E-state index contributed by atoms with van der Waals surface area (Å²) in [5, 5.41) is 0. The van der Waals surface area contributed by atoms with Crippen molar-refractivity contribution in [1.82, 2.24) is 0 Å². The van der Waals surface area contributed by atoms with Crippen LogP contribution in [0.25, 0.3) is 0 Å². The van der Waals surface area contributed by atoms with E-state index in [9.17, 15) is 4.79 Å². The third kappa shape index (κ3) is 9.59. The molecule has 0 spiro atoms. The normalized spacial score (nSPS) is 10.0. The summed E-state index contributed by atoms with van der Waals surface area (Å²) in [6.45, 7) is 3.51. The summed E-state index contributed by atoms with van der Waals surface area (Å²) in [7, 11) is 1.66. The predicted molar refractivity (Wildman–Crippen MR) is 42.6 cm³/mol. The van der Waals surface area contributed by atoms with E-state index in [2.05, 4.69) is 0 Å². The minimum Gasteiger partial charge on any atom is -0.385 e. The first kappa shape index (κ1) is 10.6. The molecule has 66 valence electrons. The summed E-state index contributed by atoms with van der Waals surface area (Å²) in [5.74, 6) is 0.178. The summed E-state index contributed by atoms with van der Waals surface area (Å²) in [6, 6.07) is 0. The van der Waals surface area contributed by atoms with Gasteiger partial charge in [-0.1, -0.05) is 0 Å². The number of ketones is 1. The molecule has 3 heteroatoms. The summed E-state index contributed by atoms with van der Waals surface area (Å²) in [6.07, 6.45) is 1.42. The molecule has 3 nitrogen and oxygen atoms in total. The maximum Gasteiger partial charge on any atom is 0.132 e. The fraction of sp³-hybridized carbons (Fsp3) is 0.875. The average Bonchev–Trinajstić information content (AvgIpc) is 1.96. The fourth-order valence-electron chi connectivity index (χ4n) is 0.623. The lowest BCUT2D eigenvalue weighted by Gasteiger charge is -2.00. The summed E-state index contributed by atoms with van der Waals surface area (Å²) in [5.41, 5.74) is 0. The first-order valence-corrected chi connectivity index (χ1v) is 3.83. The molecule has 0 aromatic heterocycles. The van der Waals surface area contributed by atoms with E-state index in [4.69, 9.17) is 9.47 Å². The van der Waals surface area contributed by atoms with E-state index in [-0.39, 0.29) is 5.78 Å². The van der Waals surface area contributed by atoms with Crippen LogP contribution in [0, 0.1) is 0 Å². The molecular weight excluding hydrogens is 144 g/mol. The molecule has 0 saturated heterocycles. The van der Waals surface area contributed by atoms with Crippen LogP contribution in [0.2, 0.25) is 0 Å². The topological polar surface area (TPSA) is 35.5 Å². The Kier molecular flexibility index (Phi) is 7.41. The predicted octanol–water partition coefficient (Wildman–Crippen LogP) is 1.02. The number of methoxy groups -OCH3 is 1. The molecule has 0 aromatic rings. The SMILES string of the molecule is COCCCOCCC(C)=O. The first-order valence-electron chi connectivity index (χ1n) is 3.83. The van der Waals surface area contributed by atoms with E-state index in [1.54, 1.807) is 14.0 Å². The molecule has 0 aliphatic carbocycles. The molecule has 0 aromatic carbocycles. The molecule has 0 heterocycles. The Bertz CT molecular complexity index is 102. The van der Waals surface area contributed by atoms with Crippen molar-refractivity contribution in [3.63, 3.8) is 0 Å². The second-order valence-electron chi connectivity index (χ2n) is 2.41. The van der Waals surface area contributed by atoms with E-state index in [1.807, 2.05) is 0 Å². The highest BCUT2D eigenvalue weighted by Gasteiger charge is 1.92. The third-order valence-corrected chi connectivity index (χ3v) is 1.24. The monoisotopic (exact) mass is 160 g/mol. The molecule has 0 fully saturated rings. The highest BCUT2D eigenvalue weighted by atomic mass is 16.5. The minimum absolute atomic E-state index is 0.178. The Labute approximate surface area is 67.7 Å². The van der Waals surface area contributed by atoms with Gasteiger partial charge in [-0.05, 0) is 13.3 Å². The van der Waals surface area contributed by atoms with Crippen molar-refractivity contribution in [3.05, 3.63) is 0 Å². The van der Waals surface area contributed by atoms with Crippen LogP contribution in [0.4, 0.5) is 0 Å². The molecule has 0 aliphatic heterocycles. The first-order chi connectivity index (χ1) is 5.27. The molecular formula is C8H16O3. The Morgan fingerprint density at radius 3 is 2.55 bits per heavy atom. The van der Waals surface area contributed by atoms with Crippen molar-refractivity contribution in [2.75, 3.05) is 26.9 Å². The summed E-state index contributed by atoms with van der Waals surface area (Å²) >= 11 is 0. The lowest BCUT2D eigenvalue weighted by molar-refractivity contribution is -0.118. The standard InChI is InChI=1S/C8H16O3/c1-8(9)4-7-11-6-3-5-10-2/h3-7H2,1-2H3. The lowest BCUT2D eigenvalue weighted by Crippen LogP contribution is -2.03. The van der Waals surface area contributed by atoms with Gasteiger partial charge in [0.15, 0.2) is 0 Å². The van der Waals surface area contributed by atoms with Crippen LogP contribution in [0.1, 0.15) is 19.8 Å². The molecule has 0 N–H and O–H groups in total. The Morgan fingerprint density at radius 2 is 2.00 bits per heavy atom. The number of hydrogen-bond donors (Lipinski definition) is 0. The molecule has 0 aliphatic rings. The van der Waals surface area contributed by atoms with Gasteiger partial charge in [0, 0.05) is 26.7 Å². The highest BCUT2D eigenvalue weighted by molar-refractivity contribution is 5.75. The maximum absolute atomic E-state index is 10.4. The van der Waals surface area contributed by atoms with Crippen LogP contribution in [0.5, 0.6) is 0 Å². The van der Waals surface area contributed by atoms with Crippen molar-refractivity contribution >= 4 is 5.78 Å². The van der Waals surface area contributed by atoms with E-state index in [0.717, 1.165) is 13.0 Å². The van der Waals surface area contributed by atoms with Gasteiger partial charge in [0.05, 0.1) is 6.61 Å². The molecule has 0 saturated carbocycles.